The van der Waals surface area contributed by atoms with Gasteiger partial charge in [-0.1, -0.05) is 72.8 Å². The van der Waals surface area contributed by atoms with Crippen molar-refractivity contribution in [2.24, 2.45) is 47.3 Å². The molecule has 34 heavy (non-hydrogen) atoms. The molecular formula is C28H24N2O4. The number of benzene rings is 2. The predicted octanol–water partition coefficient (Wildman–Crippen LogP) is 2.65. The van der Waals surface area contributed by atoms with Gasteiger partial charge in [-0.15, -0.1) is 0 Å². The smallest absolute Gasteiger partial charge is 0.234 e. The molecule has 0 unspecified atom stereocenters. The first-order valence-corrected chi connectivity index (χ1v) is 12.0. The van der Waals surface area contributed by atoms with E-state index in [1.807, 2.05) is 60.7 Å². The van der Waals surface area contributed by atoms with Crippen molar-refractivity contribution in [2.75, 3.05) is 0 Å². The third-order valence-corrected chi connectivity index (χ3v) is 8.89. The highest BCUT2D eigenvalue weighted by molar-refractivity contribution is 6.09. The fraction of sp³-hybridized carbons (Fsp3) is 0.357. The van der Waals surface area contributed by atoms with E-state index in [0.29, 0.717) is 0 Å². The van der Waals surface area contributed by atoms with Crippen LogP contribution in [0.2, 0.25) is 0 Å². The van der Waals surface area contributed by atoms with Crippen LogP contribution in [0, 0.1) is 47.3 Å². The van der Waals surface area contributed by atoms with E-state index < -0.39 is 11.8 Å². The van der Waals surface area contributed by atoms with Crippen LogP contribution in [0.3, 0.4) is 0 Å². The molecule has 2 saturated heterocycles. The summed E-state index contributed by atoms with van der Waals surface area (Å²) < 4.78 is 0. The van der Waals surface area contributed by atoms with Crippen LogP contribution in [0.5, 0.6) is 0 Å². The predicted molar refractivity (Wildman–Crippen MR) is 121 cm³/mol. The van der Waals surface area contributed by atoms with Gasteiger partial charge in [-0.2, -0.15) is 0 Å². The van der Waals surface area contributed by atoms with Gasteiger partial charge in [-0.3, -0.25) is 29.0 Å². The van der Waals surface area contributed by atoms with Gasteiger partial charge >= 0.3 is 0 Å². The van der Waals surface area contributed by atoms with Gasteiger partial charge in [0.15, 0.2) is 0 Å². The van der Waals surface area contributed by atoms with E-state index in [1.54, 1.807) is 0 Å². The van der Waals surface area contributed by atoms with Gasteiger partial charge in [0.25, 0.3) is 0 Å². The van der Waals surface area contributed by atoms with Crippen molar-refractivity contribution in [3.05, 3.63) is 83.9 Å². The molecule has 0 N–H and O–H groups in total. The Labute approximate surface area is 197 Å². The number of amides is 4. The molecule has 4 aliphatic carbocycles. The molecular weight excluding hydrogens is 428 g/mol. The Morgan fingerprint density at radius 1 is 0.500 bits per heavy atom. The van der Waals surface area contributed by atoms with E-state index in [0.717, 1.165) is 11.1 Å². The van der Waals surface area contributed by atoms with Gasteiger partial charge in [0, 0.05) is 0 Å². The minimum absolute atomic E-state index is 0.0353. The van der Waals surface area contributed by atoms with Crippen LogP contribution in [0.15, 0.2) is 72.8 Å². The van der Waals surface area contributed by atoms with Gasteiger partial charge in [-0.25, -0.2) is 0 Å². The van der Waals surface area contributed by atoms with Crippen LogP contribution in [0.4, 0.5) is 0 Å². The molecule has 6 nitrogen and oxygen atoms in total. The summed E-state index contributed by atoms with van der Waals surface area (Å²) in [7, 11) is 0. The lowest BCUT2D eigenvalue weighted by Crippen LogP contribution is -2.63. The monoisotopic (exact) mass is 452 g/mol. The number of imide groups is 2. The molecule has 6 heteroatoms. The Morgan fingerprint density at radius 3 is 1.24 bits per heavy atom. The van der Waals surface area contributed by atoms with Crippen LogP contribution in [-0.4, -0.2) is 33.4 Å². The second-order valence-electron chi connectivity index (χ2n) is 10.3. The first kappa shape index (κ1) is 19.9. The first-order valence-electron chi connectivity index (χ1n) is 12.0. The van der Waals surface area contributed by atoms with Gasteiger partial charge < -0.3 is 0 Å². The molecule has 2 aromatic rings. The number of rotatable bonds is 4. The van der Waals surface area contributed by atoms with Crippen LogP contribution in [0.25, 0.3) is 0 Å². The first-order chi connectivity index (χ1) is 16.6. The number of allylic oxidation sites excluding steroid dienone is 2. The third-order valence-electron chi connectivity index (χ3n) is 8.89. The largest absolute Gasteiger partial charge is 0.278 e. The molecule has 4 fully saturated rings. The fourth-order valence-electron chi connectivity index (χ4n) is 7.57. The zero-order valence-electron chi connectivity index (χ0n) is 18.5. The Balaban J connectivity index is 1.18. The molecule has 2 bridgehead atoms. The topological polar surface area (TPSA) is 74.8 Å². The summed E-state index contributed by atoms with van der Waals surface area (Å²) >= 11 is 0. The number of carbonyl (C=O) groups is 4. The summed E-state index contributed by atoms with van der Waals surface area (Å²) in [5, 5.41) is 0. The zero-order valence-corrected chi connectivity index (χ0v) is 18.5. The highest BCUT2D eigenvalue weighted by Crippen LogP contribution is 2.68. The molecule has 0 spiro atoms. The number of carbonyl (C=O) groups excluding carboxylic acids is 4. The van der Waals surface area contributed by atoms with E-state index in [4.69, 9.17) is 0 Å². The third kappa shape index (κ3) is 2.46. The number of nitrogens with zero attached hydrogens (tertiary/aromatic N) is 2. The highest BCUT2D eigenvalue weighted by atomic mass is 16.2. The van der Waals surface area contributed by atoms with Crippen molar-refractivity contribution in [2.45, 2.75) is 13.1 Å². The maximum Gasteiger partial charge on any atom is 0.234 e. The van der Waals surface area contributed by atoms with Gasteiger partial charge in [0.2, 0.25) is 23.6 Å². The Bertz CT molecular complexity index is 1200. The van der Waals surface area contributed by atoms with Crippen molar-refractivity contribution in [3.63, 3.8) is 0 Å². The van der Waals surface area contributed by atoms with E-state index >= 15 is 0 Å². The second kappa shape index (κ2) is 6.98. The zero-order chi connectivity index (χ0) is 23.1. The number of hydrogen-bond donors (Lipinski definition) is 0. The summed E-state index contributed by atoms with van der Waals surface area (Å²) in [6, 6.07) is 19.1. The van der Waals surface area contributed by atoms with Crippen LogP contribution in [0.1, 0.15) is 11.1 Å². The van der Waals surface area contributed by atoms with Gasteiger partial charge in [0.05, 0.1) is 36.8 Å². The Hall–Kier alpha value is -3.54. The number of fused-ring (bicyclic) bond motifs is 1. The van der Waals surface area contributed by atoms with Crippen molar-refractivity contribution < 1.29 is 19.2 Å². The van der Waals surface area contributed by atoms with Crippen molar-refractivity contribution in [1.82, 2.24) is 9.80 Å². The van der Waals surface area contributed by atoms with E-state index in [-0.39, 0.29) is 72.2 Å². The summed E-state index contributed by atoms with van der Waals surface area (Å²) in [5.41, 5.74) is 1.85. The standard InChI is InChI=1S/C28H24N2O4/c31-25-21-17-11-12-18(22(21)26(32)29(25)13-15-7-3-1-4-8-15)20-19(17)23-24(20)28(34)30(27(23)33)14-16-9-5-2-6-10-16/h1-12,17-24H,13-14H2/t17-,18-,19-,20-,21-,22+,23-,24-/m0/s1. The average Bonchev–Trinajstić information content (AvgIpc) is 3.21. The Kier molecular flexibility index (Phi) is 4.08. The van der Waals surface area contributed by atoms with Gasteiger partial charge in [0.1, 0.15) is 0 Å². The molecule has 2 aliphatic heterocycles. The van der Waals surface area contributed by atoms with Crippen LogP contribution < -0.4 is 0 Å². The van der Waals surface area contributed by atoms with Crippen molar-refractivity contribution >= 4 is 23.6 Å². The summed E-state index contributed by atoms with van der Waals surface area (Å²) in [6.07, 6.45) is 4.11. The van der Waals surface area contributed by atoms with Crippen LogP contribution >= 0.6 is 0 Å². The fourth-order valence-corrected chi connectivity index (χ4v) is 7.57. The lowest BCUT2D eigenvalue weighted by atomic mass is 9.40. The number of hydrogen-bond acceptors (Lipinski definition) is 4. The lowest BCUT2D eigenvalue weighted by molar-refractivity contribution is -0.166. The van der Waals surface area contributed by atoms with E-state index in [9.17, 15) is 19.2 Å². The molecule has 2 aromatic carbocycles. The maximum absolute atomic E-state index is 13.5. The summed E-state index contributed by atoms with van der Waals surface area (Å²) in [4.78, 5) is 56.5. The maximum atomic E-state index is 13.5. The molecule has 4 amide bonds. The summed E-state index contributed by atoms with van der Waals surface area (Å²) in [5.74, 6) is -2.45. The normalized spacial score (nSPS) is 37.1. The molecule has 0 aromatic heterocycles. The molecule has 0 radical (unpaired) electrons. The minimum Gasteiger partial charge on any atom is -0.278 e. The molecule has 2 heterocycles. The van der Waals surface area contributed by atoms with Crippen LogP contribution in [-0.2, 0) is 32.3 Å². The van der Waals surface area contributed by atoms with E-state index in [2.05, 4.69) is 12.2 Å². The van der Waals surface area contributed by atoms with Crippen molar-refractivity contribution in [3.8, 4) is 0 Å². The molecule has 170 valence electrons. The molecule has 8 atom stereocenters. The highest BCUT2D eigenvalue weighted by Gasteiger charge is 2.74. The molecule has 2 saturated carbocycles. The number of likely N-dealkylation sites (tertiary alicyclic amines) is 2. The summed E-state index contributed by atoms with van der Waals surface area (Å²) in [6.45, 7) is 0.555. The van der Waals surface area contributed by atoms with E-state index in [1.165, 1.54) is 9.80 Å². The van der Waals surface area contributed by atoms with Crippen molar-refractivity contribution in [1.29, 1.82) is 0 Å². The Morgan fingerprint density at radius 2 is 0.853 bits per heavy atom. The average molecular weight is 453 g/mol. The molecule has 8 rings (SSSR count). The van der Waals surface area contributed by atoms with Gasteiger partial charge in [-0.05, 0) is 34.8 Å². The minimum atomic E-state index is -0.417. The SMILES string of the molecule is O=C1[C@@H]2[C@H]3C=C[C@H]([C@@H]2C(=O)N1Cc1ccccc1)[C@@H]1[C@@H]2C(=O)N(Cc4ccccc4)C(=O)[C@H]2[C@@H]31. The lowest BCUT2D eigenvalue weighted by Gasteiger charge is -2.60. The molecule has 6 aliphatic rings. The quantitative estimate of drug-likeness (QED) is 0.528. The second-order valence-corrected chi connectivity index (χ2v) is 10.3.